The summed E-state index contributed by atoms with van der Waals surface area (Å²) in [6.07, 6.45) is 4.36. The summed E-state index contributed by atoms with van der Waals surface area (Å²) in [4.78, 5) is 30.1. The van der Waals surface area contributed by atoms with Crippen LogP contribution in [0.3, 0.4) is 0 Å². The number of urea groups is 1. The number of hydrogen-bond donors (Lipinski definition) is 1. The van der Waals surface area contributed by atoms with Gasteiger partial charge in [-0.3, -0.25) is 9.63 Å². The zero-order chi connectivity index (χ0) is 15.9. The molecule has 1 atom stereocenters. The van der Waals surface area contributed by atoms with E-state index in [0.29, 0.717) is 12.2 Å². The van der Waals surface area contributed by atoms with Crippen LogP contribution in [-0.2, 0) is 4.84 Å². The highest BCUT2D eigenvalue weighted by Gasteiger charge is 2.41. The lowest BCUT2D eigenvalue weighted by Gasteiger charge is -2.21. The van der Waals surface area contributed by atoms with Gasteiger partial charge in [0.2, 0.25) is 0 Å². The normalized spacial score (nSPS) is 20.3. The number of primary amides is 1. The molecule has 2 aliphatic rings. The summed E-state index contributed by atoms with van der Waals surface area (Å²) in [7, 11) is 0. The lowest BCUT2D eigenvalue weighted by atomic mass is 10.2. The molecule has 1 aromatic rings. The maximum atomic E-state index is 13.6. The van der Waals surface area contributed by atoms with E-state index in [0.717, 1.165) is 6.20 Å². The fraction of sp³-hybridized carbons (Fsp3) is 0.308. The van der Waals surface area contributed by atoms with Crippen molar-refractivity contribution in [1.82, 2.24) is 19.7 Å². The van der Waals surface area contributed by atoms with E-state index in [1.165, 1.54) is 15.8 Å². The first-order chi connectivity index (χ1) is 10.5. The van der Waals surface area contributed by atoms with Gasteiger partial charge in [0.05, 0.1) is 31.1 Å². The molecule has 2 bridgehead atoms. The Morgan fingerprint density at radius 1 is 1.64 bits per heavy atom. The summed E-state index contributed by atoms with van der Waals surface area (Å²) in [5.41, 5.74) is 5.19. The van der Waals surface area contributed by atoms with Crippen LogP contribution < -0.4 is 5.73 Å². The summed E-state index contributed by atoms with van der Waals surface area (Å²) in [6.45, 7) is 4.46. The van der Waals surface area contributed by atoms with E-state index < -0.39 is 17.4 Å². The molecule has 3 amide bonds. The van der Waals surface area contributed by atoms with Crippen LogP contribution in [0.25, 0.3) is 5.70 Å². The smallest absolute Gasteiger partial charge is 0.345 e. The van der Waals surface area contributed by atoms with Gasteiger partial charge in [0, 0.05) is 6.54 Å². The van der Waals surface area contributed by atoms with Gasteiger partial charge in [-0.05, 0) is 6.08 Å². The molecule has 3 heterocycles. The molecule has 0 spiro atoms. The Balaban J connectivity index is 1.88. The minimum Gasteiger partial charge on any atom is -0.364 e. The Kier molecular flexibility index (Phi) is 3.41. The van der Waals surface area contributed by atoms with Crippen LogP contribution in [-0.4, -0.2) is 57.4 Å². The summed E-state index contributed by atoms with van der Waals surface area (Å²) in [5.74, 6) is -1.74. The molecule has 116 valence electrons. The number of carbonyl (C=O) groups excluding carboxylic acids is 2. The zero-order valence-corrected chi connectivity index (χ0v) is 11.6. The number of amides is 3. The van der Waals surface area contributed by atoms with Gasteiger partial charge in [-0.1, -0.05) is 6.08 Å². The molecule has 0 radical (unpaired) electrons. The quantitative estimate of drug-likeness (QED) is 0.786. The molecule has 0 aromatic carbocycles. The molecule has 2 N–H and O–H groups in total. The van der Waals surface area contributed by atoms with Gasteiger partial charge in [-0.15, -0.1) is 6.58 Å². The van der Waals surface area contributed by atoms with Crippen LogP contribution in [0.1, 0.15) is 10.5 Å². The number of fused-ring (bicyclic) bond motifs is 2. The molecule has 3 rings (SSSR count). The summed E-state index contributed by atoms with van der Waals surface area (Å²) >= 11 is 0. The Hall–Kier alpha value is -2.68. The summed E-state index contributed by atoms with van der Waals surface area (Å²) in [5, 5.41) is 5.08. The van der Waals surface area contributed by atoms with Crippen LogP contribution in [0.2, 0.25) is 0 Å². The number of nitrogens with two attached hydrogens (primary N) is 1. The number of halogens is 1. The monoisotopic (exact) mass is 307 g/mol. The zero-order valence-electron chi connectivity index (χ0n) is 11.6. The second kappa shape index (κ2) is 5.26. The largest absolute Gasteiger partial charge is 0.364 e. The van der Waals surface area contributed by atoms with E-state index in [-0.39, 0.29) is 25.2 Å². The molecule has 1 aromatic heterocycles. The van der Waals surface area contributed by atoms with Gasteiger partial charge in [-0.25, -0.2) is 13.9 Å². The van der Waals surface area contributed by atoms with E-state index in [4.69, 9.17) is 10.6 Å². The van der Waals surface area contributed by atoms with Crippen LogP contribution in [0.15, 0.2) is 24.9 Å². The minimum atomic E-state index is -0.942. The van der Waals surface area contributed by atoms with Crippen molar-refractivity contribution < 1.29 is 18.8 Å². The summed E-state index contributed by atoms with van der Waals surface area (Å²) < 4.78 is 14.8. The third kappa shape index (κ3) is 2.25. The third-order valence-corrected chi connectivity index (χ3v) is 3.43. The number of rotatable bonds is 5. The first kappa shape index (κ1) is 14.3. The fourth-order valence-corrected chi connectivity index (χ4v) is 2.48. The second-order valence-electron chi connectivity index (χ2n) is 4.93. The van der Waals surface area contributed by atoms with Crippen molar-refractivity contribution in [2.75, 3.05) is 19.7 Å². The van der Waals surface area contributed by atoms with Gasteiger partial charge >= 0.3 is 6.03 Å². The van der Waals surface area contributed by atoms with E-state index in [2.05, 4.69) is 11.7 Å². The standard InChI is InChI=1S/C13H14FN5O3/c1-2-3-22-19-9-4-8(5-17(6-9)13(19)21)18-7-10(14)11(16-18)12(15)20/h2,4,7,9H,1,3,5-6H2,(H2,15,20). The number of carbonyl (C=O) groups is 2. The molecule has 9 heteroatoms. The number of hydroxylamine groups is 2. The van der Waals surface area contributed by atoms with E-state index in [1.807, 2.05) is 0 Å². The Morgan fingerprint density at radius 2 is 2.41 bits per heavy atom. The molecular formula is C13H14FN5O3. The SMILES string of the molecule is C=CCON1C(=O)N2CC(n3cc(F)c(C(N)=O)n3)=CC1C2. The van der Waals surface area contributed by atoms with Gasteiger partial charge in [0.25, 0.3) is 5.91 Å². The van der Waals surface area contributed by atoms with Crippen molar-refractivity contribution in [3.05, 3.63) is 36.4 Å². The van der Waals surface area contributed by atoms with E-state index >= 15 is 0 Å². The van der Waals surface area contributed by atoms with Crippen LogP contribution in [0.5, 0.6) is 0 Å². The molecule has 1 unspecified atom stereocenters. The predicted octanol–water partition coefficient (Wildman–Crippen LogP) is 0.199. The molecule has 8 nitrogen and oxygen atoms in total. The lowest BCUT2D eigenvalue weighted by molar-refractivity contribution is -0.107. The lowest BCUT2D eigenvalue weighted by Crippen LogP contribution is -2.33. The number of nitrogens with zero attached hydrogens (tertiary/aromatic N) is 4. The number of hydrogen-bond acceptors (Lipinski definition) is 4. The molecule has 1 saturated heterocycles. The van der Waals surface area contributed by atoms with Crippen molar-refractivity contribution in [3.63, 3.8) is 0 Å². The predicted molar refractivity (Wildman–Crippen MR) is 73.7 cm³/mol. The van der Waals surface area contributed by atoms with Crippen molar-refractivity contribution >= 4 is 17.6 Å². The molecule has 0 saturated carbocycles. The second-order valence-corrected chi connectivity index (χ2v) is 4.93. The number of aromatic nitrogens is 2. The topological polar surface area (TPSA) is 93.7 Å². The van der Waals surface area contributed by atoms with Gasteiger partial charge in [-0.2, -0.15) is 10.2 Å². The van der Waals surface area contributed by atoms with Crippen LogP contribution >= 0.6 is 0 Å². The van der Waals surface area contributed by atoms with E-state index in [1.54, 1.807) is 11.0 Å². The van der Waals surface area contributed by atoms with Crippen molar-refractivity contribution in [3.8, 4) is 0 Å². The van der Waals surface area contributed by atoms with Crippen molar-refractivity contribution in [2.24, 2.45) is 5.73 Å². The Bertz CT molecular complexity index is 683. The third-order valence-electron chi connectivity index (χ3n) is 3.43. The maximum Gasteiger partial charge on any atom is 0.345 e. The summed E-state index contributed by atoms with van der Waals surface area (Å²) in [6, 6.07) is -0.582. The fourth-order valence-electron chi connectivity index (χ4n) is 2.48. The van der Waals surface area contributed by atoms with Crippen LogP contribution in [0.4, 0.5) is 9.18 Å². The van der Waals surface area contributed by atoms with E-state index in [9.17, 15) is 14.0 Å². The van der Waals surface area contributed by atoms with Gasteiger partial charge in [0.1, 0.15) is 0 Å². The Morgan fingerprint density at radius 3 is 3.05 bits per heavy atom. The highest BCUT2D eigenvalue weighted by atomic mass is 19.1. The highest BCUT2D eigenvalue weighted by molar-refractivity contribution is 5.91. The molecular weight excluding hydrogens is 293 g/mol. The van der Waals surface area contributed by atoms with Gasteiger partial charge < -0.3 is 10.6 Å². The molecule has 1 fully saturated rings. The van der Waals surface area contributed by atoms with Gasteiger partial charge in [0.15, 0.2) is 11.5 Å². The maximum absolute atomic E-state index is 13.6. The molecule has 2 aliphatic heterocycles. The molecule has 0 aliphatic carbocycles. The van der Waals surface area contributed by atoms with Crippen molar-refractivity contribution in [2.45, 2.75) is 6.04 Å². The molecule has 22 heavy (non-hydrogen) atoms. The van der Waals surface area contributed by atoms with Crippen LogP contribution in [0, 0.1) is 5.82 Å². The van der Waals surface area contributed by atoms with Crippen molar-refractivity contribution in [1.29, 1.82) is 0 Å². The highest BCUT2D eigenvalue weighted by Crippen LogP contribution is 2.26. The first-order valence-corrected chi connectivity index (χ1v) is 6.59. The average Bonchev–Trinajstić information content (AvgIpc) is 2.97. The average molecular weight is 307 g/mol. The minimum absolute atomic E-state index is 0.210. The first-order valence-electron chi connectivity index (χ1n) is 6.59. The Labute approximate surface area is 125 Å².